The molecule has 5 heteroatoms. The second-order valence-corrected chi connectivity index (χ2v) is 6.42. The number of nitrogens with zero attached hydrogens (tertiary/aromatic N) is 1. The van der Waals surface area contributed by atoms with Crippen LogP contribution < -0.4 is 10.1 Å². The molecule has 3 aromatic rings. The summed E-state index contributed by atoms with van der Waals surface area (Å²) in [6.07, 6.45) is 1.90. The maximum atomic E-state index is 12.2. The number of anilines is 1. The molecule has 0 aliphatic rings. The largest absolute Gasteiger partial charge is 0.489 e. The molecule has 2 aromatic carbocycles. The Morgan fingerprint density at radius 3 is 2.60 bits per heavy atom. The van der Waals surface area contributed by atoms with Crippen LogP contribution in [0.3, 0.4) is 0 Å². The number of hydrogen-bond acceptors (Lipinski definition) is 3. The van der Waals surface area contributed by atoms with E-state index in [0.717, 1.165) is 21.3 Å². The Kier molecular flexibility index (Phi) is 5.80. The fourth-order valence-electron chi connectivity index (χ4n) is 2.33. The molecule has 1 heterocycles. The smallest absolute Gasteiger partial charge is 0.229 e. The van der Waals surface area contributed by atoms with Crippen LogP contribution in [0.25, 0.3) is 0 Å². The van der Waals surface area contributed by atoms with Gasteiger partial charge in [0.15, 0.2) is 0 Å². The molecule has 0 bridgehead atoms. The molecule has 0 aliphatic carbocycles. The highest BCUT2D eigenvalue weighted by molar-refractivity contribution is 9.10. The van der Waals surface area contributed by atoms with Gasteiger partial charge in [-0.25, -0.2) is 4.98 Å². The Bertz CT molecular complexity index is 853. The number of nitrogens with one attached hydrogen (secondary N) is 1. The van der Waals surface area contributed by atoms with Gasteiger partial charge in [0.1, 0.15) is 18.2 Å². The Balaban J connectivity index is 1.58. The molecule has 4 nitrogen and oxygen atoms in total. The van der Waals surface area contributed by atoms with Crippen LogP contribution in [0.5, 0.6) is 5.75 Å². The fourth-order valence-corrected chi connectivity index (χ4v) is 2.67. The number of halogens is 1. The summed E-state index contributed by atoms with van der Waals surface area (Å²) in [5, 5.41) is 2.79. The van der Waals surface area contributed by atoms with Crippen LogP contribution in [0.2, 0.25) is 0 Å². The lowest BCUT2D eigenvalue weighted by atomic mass is 10.1. The summed E-state index contributed by atoms with van der Waals surface area (Å²) < 4.78 is 6.67. The van der Waals surface area contributed by atoms with E-state index in [1.807, 2.05) is 60.7 Å². The monoisotopic (exact) mass is 396 g/mol. The summed E-state index contributed by atoms with van der Waals surface area (Å²) in [7, 11) is 0. The zero-order valence-corrected chi connectivity index (χ0v) is 15.1. The topological polar surface area (TPSA) is 51.2 Å². The predicted octanol–water partition coefficient (Wildman–Crippen LogP) is 4.60. The van der Waals surface area contributed by atoms with Crippen molar-refractivity contribution in [2.24, 2.45) is 0 Å². The van der Waals surface area contributed by atoms with E-state index in [2.05, 4.69) is 26.2 Å². The van der Waals surface area contributed by atoms with E-state index in [9.17, 15) is 4.79 Å². The number of carbonyl (C=O) groups excluding carboxylic acids is 1. The van der Waals surface area contributed by atoms with Gasteiger partial charge >= 0.3 is 0 Å². The van der Waals surface area contributed by atoms with E-state index < -0.39 is 0 Å². The highest BCUT2D eigenvalue weighted by Crippen LogP contribution is 2.17. The van der Waals surface area contributed by atoms with Gasteiger partial charge in [-0.1, -0.05) is 58.4 Å². The van der Waals surface area contributed by atoms with Crippen LogP contribution >= 0.6 is 15.9 Å². The van der Waals surface area contributed by atoms with Crippen molar-refractivity contribution in [2.75, 3.05) is 5.32 Å². The average Bonchev–Trinajstić information content (AvgIpc) is 2.61. The van der Waals surface area contributed by atoms with Crippen molar-refractivity contribution in [2.45, 2.75) is 13.0 Å². The molecule has 0 spiro atoms. The standard InChI is InChI=1S/C20H17BrN2O2/c21-17-9-10-22-19(13-17)23-20(24)12-16-7-4-8-18(11-16)25-14-15-5-2-1-3-6-15/h1-11,13H,12,14H2,(H,22,23,24). The third-order valence-electron chi connectivity index (χ3n) is 3.50. The van der Waals surface area contributed by atoms with Crippen LogP contribution in [-0.2, 0) is 17.8 Å². The minimum Gasteiger partial charge on any atom is -0.489 e. The molecule has 1 aromatic heterocycles. The van der Waals surface area contributed by atoms with Crippen molar-refractivity contribution in [3.8, 4) is 5.75 Å². The lowest BCUT2D eigenvalue weighted by molar-refractivity contribution is -0.115. The first-order valence-corrected chi connectivity index (χ1v) is 8.65. The zero-order chi connectivity index (χ0) is 17.5. The SMILES string of the molecule is O=C(Cc1cccc(OCc2ccccc2)c1)Nc1cc(Br)ccn1. The molecule has 3 rings (SSSR count). The molecule has 0 fully saturated rings. The number of benzene rings is 2. The van der Waals surface area contributed by atoms with Crippen molar-refractivity contribution < 1.29 is 9.53 Å². The molecule has 0 atom stereocenters. The van der Waals surface area contributed by atoms with Gasteiger partial charge in [-0.15, -0.1) is 0 Å². The van der Waals surface area contributed by atoms with E-state index >= 15 is 0 Å². The molecule has 0 unspecified atom stereocenters. The van der Waals surface area contributed by atoms with Gasteiger partial charge in [0.25, 0.3) is 0 Å². The molecule has 0 saturated carbocycles. The van der Waals surface area contributed by atoms with Gasteiger partial charge in [-0.3, -0.25) is 4.79 Å². The summed E-state index contributed by atoms with van der Waals surface area (Å²) in [5.41, 5.74) is 1.99. The van der Waals surface area contributed by atoms with Crippen molar-refractivity contribution >= 4 is 27.7 Å². The van der Waals surface area contributed by atoms with E-state index in [1.165, 1.54) is 0 Å². The quantitative estimate of drug-likeness (QED) is 0.661. The average molecular weight is 397 g/mol. The minimum absolute atomic E-state index is 0.120. The highest BCUT2D eigenvalue weighted by atomic mass is 79.9. The predicted molar refractivity (Wildman–Crippen MR) is 101 cm³/mol. The molecule has 0 radical (unpaired) electrons. The molecule has 126 valence electrons. The summed E-state index contributed by atoms with van der Waals surface area (Å²) in [5.74, 6) is 1.15. The molecule has 1 amide bonds. The Hall–Kier alpha value is -2.66. The van der Waals surface area contributed by atoms with Crippen LogP contribution in [0.1, 0.15) is 11.1 Å². The summed E-state index contributed by atoms with van der Waals surface area (Å²) in [6, 6.07) is 21.1. The van der Waals surface area contributed by atoms with Crippen molar-refractivity contribution in [3.05, 3.63) is 88.5 Å². The number of amides is 1. The number of aromatic nitrogens is 1. The Labute approximate surface area is 155 Å². The maximum absolute atomic E-state index is 12.2. The highest BCUT2D eigenvalue weighted by Gasteiger charge is 2.06. The van der Waals surface area contributed by atoms with Crippen LogP contribution in [0, 0.1) is 0 Å². The number of rotatable bonds is 6. The number of carbonyl (C=O) groups is 1. The molecular formula is C20H17BrN2O2. The Morgan fingerprint density at radius 2 is 1.80 bits per heavy atom. The van der Waals surface area contributed by atoms with Gasteiger partial charge in [0.2, 0.25) is 5.91 Å². The number of hydrogen-bond donors (Lipinski definition) is 1. The van der Waals surface area contributed by atoms with Gasteiger partial charge in [-0.2, -0.15) is 0 Å². The molecule has 1 N–H and O–H groups in total. The lowest BCUT2D eigenvalue weighted by Gasteiger charge is -2.09. The second kappa shape index (κ2) is 8.44. The third kappa shape index (κ3) is 5.43. The van der Waals surface area contributed by atoms with E-state index in [1.54, 1.807) is 12.3 Å². The summed E-state index contributed by atoms with van der Waals surface area (Å²) in [6.45, 7) is 0.498. The number of pyridine rings is 1. The molecule has 0 saturated heterocycles. The van der Waals surface area contributed by atoms with Crippen LogP contribution in [0.4, 0.5) is 5.82 Å². The molecule has 25 heavy (non-hydrogen) atoms. The van der Waals surface area contributed by atoms with Crippen LogP contribution in [-0.4, -0.2) is 10.9 Å². The first kappa shape index (κ1) is 17.2. The first-order chi connectivity index (χ1) is 12.2. The van der Waals surface area contributed by atoms with Crippen molar-refractivity contribution in [1.29, 1.82) is 0 Å². The fraction of sp³-hybridized carbons (Fsp3) is 0.100. The lowest BCUT2D eigenvalue weighted by Crippen LogP contribution is -2.15. The van der Waals surface area contributed by atoms with E-state index in [0.29, 0.717) is 12.4 Å². The first-order valence-electron chi connectivity index (χ1n) is 7.86. The zero-order valence-electron chi connectivity index (χ0n) is 13.5. The van der Waals surface area contributed by atoms with E-state index in [4.69, 9.17) is 4.74 Å². The normalized spacial score (nSPS) is 10.3. The number of ether oxygens (including phenoxy) is 1. The van der Waals surface area contributed by atoms with Crippen LogP contribution in [0.15, 0.2) is 77.4 Å². The third-order valence-corrected chi connectivity index (χ3v) is 3.99. The van der Waals surface area contributed by atoms with Crippen molar-refractivity contribution in [1.82, 2.24) is 4.98 Å². The van der Waals surface area contributed by atoms with Gasteiger partial charge in [0.05, 0.1) is 6.42 Å². The van der Waals surface area contributed by atoms with Gasteiger partial charge in [-0.05, 0) is 35.4 Å². The summed E-state index contributed by atoms with van der Waals surface area (Å²) in [4.78, 5) is 16.3. The van der Waals surface area contributed by atoms with Gasteiger partial charge < -0.3 is 10.1 Å². The Morgan fingerprint density at radius 1 is 1.00 bits per heavy atom. The molecule has 0 aliphatic heterocycles. The van der Waals surface area contributed by atoms with Gasteiger partial charge in [0, 0.05) is 10.7 Å². The second-order valence-electron chi connectivity index (χ2n) is 5.51. The minimum atomic E-state index is -0.120. The molecular weight excluding hydrogens is 380 g/mol. The van der Waals surface area contributed by atoms with E-state index in [-0.39, 0.29) is 12.3 Å². The maximum Gasteiger partial charge on any atom is 0.229 e. The summed E-state index contributed by atoms with van der Waals surface area (Å²) >= 11 is 3.36. The van der Waals surface area contributed by atoms with Crippen molar-refractivity contribution in [3.63, 3.8) is 0 Å².